The molecule has 0 fully saturated rings. The summed E-state index contributed by atoms with van der Waals surface area (Å²) in [5.41, 5.74) is 6.25. The van der Waals surface area contributed by atoms with Crippen molar-refractivity contribution in [3.8, 4) is 11.5 Å². The van der Waals surface area contributed by atoms with Crippen LogP contribution in [0.4, 0.5) is 14.5 Å². The first kappa shape index (κ1) is 14.1. The molecule has 2 N–H and O–H groups in total. The van der Waals surface area contributed by atoms with E-state index >= 15 is 0 Å². The topological polar surface area (TPSA) is 44.5 Å². The van der Waals surface area contributed by atoms with Gasteiger partial charge in [-0.05, 0) is 12.1 Å². The second-order valence-corrected chi connectivity index (χ2v) is 4.23. The number of halogens is 2. The SMILES string of the molecule is Nc1cccc(OCCCOc2cc(F)cc(F)c2)c1. The van der Waals surface area contributed by atoms with Crippen molar-refractivity contribution in [3.63, 3.8) is 0 Å². The van der Waals surface area contributed by atoms with Crippen molar-refractivity contribution in [1.29, 1.82) is 0 Å². The van der Waals surface area contributed by atoms with E-state index < -0.39 is 11.6 Å². The number of hydrogen-bond acceptors (Lipinski definition) is 3. The highest BCUT2D eigenvalue weighted by Gasteiger charge is 2.01. The molecule has 2 rings (SSSR count). The Kier molecular flexibility index (Phi) is 4.76. The van der Waals surface area contributed by atoms with Gasteiger partial charge in [-0.3, -0.25) is 0 Å². The maximum Gasteiger partial charge on any atom is 0.129 e. The van der Waals surface area contributed by atoms with Gasteiger partial charge in [0.05, 0.1) is 13.2 Å². The molecule has 0 atom stereocenters. The minimum atomic E-state index is -0.656. The summed E-state index contributed by atoms with van der Waals surface area (Å²) in [5.74, 6) is -0.458. The molecule has 20 heavy (non-hydrogen) atoms. The summed E-state index contributed by atoms with van der Waals surface area (Å²) in [6, 6.07) is 10.2. The van der Waals surface area contributed by atoms with E-state index in [4.69, 9.17) is 15.2 Å². The van der Waals surface area contributed by atoms with Crippen LogP contribution in [0.1, 0.15) is 6.42 Å². The molecular formula is C15H15F2NO2. The van der Waals surface area contributed by atoms with Gasteiger partial charge >= 0.3 is 0 Å². The molecule has 0 heterocycles. The number of anilines is 1. The maximum absolute atomic E-state index is 12.9. The lowest BCUT2D eigenvalue weighted by atomic mass is 10.3. The fourth-order valence-corrected chi connectivity index (χ4v) is 1.66. The predicted octanol–water partition coefficient (Wildman–Crippen LogP) is 3.39. The quantitative estimate of drug-likeness (QED) is 0.651. The molecular weight excluding hydrogens is 264 g/mol. The highest BCUT2D eigenvalue weighted by atomic mass is 19.1. The van der Waals surface area contributed by atoms with Gasteiger partial charge in [0.2, 0.25) is 0 Å². The molecule has 0 saturated heterocycles. The van der Waals surface area contributed by atoms with E-state index in [2.05, 4.69) is 0 Å². The molecule has 2 aromatic rings. The third-order valence-corrected chi connectivity index (χ3v) is 2.52. The number of ether oxygens (including phenoxy) is 2. The minimum absolute atomic E-state index is 0.173. The Bertz CT molecular complexity index is 555. The van der Waals surface area contributed by atoms with Gasteiger partial charge in [0, 0.05) is 36.4 Å². The molecule has 106 valence electrons. The molecule has 0 aliphatic carbocycles. The van der Waals surface area contributed by atoms with Gasteiger partial charge in [-0.1, -0.05) is 6.07 Å². The largest absolute Gasteiger partial charge is 0.493 e. The van der Waals surface area contributed by atoms with Crippen molar-refractivity contribution in [3.05, 3.63) is 54.1 Å². The second kappa shape index (κ2) is 6.75. The Morgan fingerprint density at radius 3 is 2.15 bits per heavy atom. The average Bonchev–Trinajstić information content (AvgIpc) is 2.37. The molecule has 0 saturated carbocycles. The average molecular weight is 279 g/mol. The number of rotatable bonds is 6. The monoisotopic (exact) mass is 279 g/mol. The molecule has 0 unspecified atom stereocenters. The third-order valence-electron chi connectivity index (χ3n) is 2.52. The lowest BCUT2D eigenvalue weighted by Crippen LogP contribution is -2.05. The van der Waals surface area contributed by atoms with Crippen molar-refractivity contribution in [2.24, 2.45) is 0 Å². The zero-order valence-corrected chi connectivity index (χ0v) is 10.8. The van der Waals surface area contributed by atoms with Gasteiger partial charge in [0.1, 0.15) is 23.1 Å². The Hall–Kier alpha value is -2.30. The van der Waals surface area contributed by atoms with Gasteiger partial charge in [-0.2, -0.15) is 0 Å². The summed E-state index contributed by atoms with van der Waals surface area (Å²) in [4.78, 5) is 0. The van der Waals surface area contributed by atoms with Gasteiger partial charge in [-0.15, -0.1) is 0 Å². The first-order valence-corrected chi connectivity index (χ1v) is 6.21. The molecule has 0 bridgehead atoms. The standard InChI is InChI=1S/C15H15F2NO2/c16-11-7-12(17)9-15(8-11)20-6-2-5-19-14-4-1-3-13(18)10-14/h1,3-4,7-10H,2,5-6,18H2. The number of benzene rings is 2. The normalized spacial score (nSPS) is 10.3. The fraction of sp³-hybridized carbons (Fsp3) is 0.200. The van der Waals surface area contributed by atoms with E-state index in [1.165, 1.54) is 0 Å². The summed E-state index contributed by atoms with van der Waals surface area (Å²) in [6.45, 7) is 0.743. The zero-order chi connectivity index (χ0) is 14.4. The van der Waals surface area contributed by atoms with E-state index in [1.807, 2.05) is 0 Å². The van der Waals surface area contributed by atoms with Crippen molar-refractivity contribution in [1.82, 2.24) is 0 Å². The lowest BCUT2D eigenvalue weighted by molar-refractivity contribution is 0.246. The molecule has 0 aromatic heterocycles. The van der Waals surface area contributed by atoms with Crippen LogP contribution >= 0.6 is 0 Å². The third kappa shape index (κ3) is 4.42. The maximum atomic E-state index is 12.9. The number of nitrogens with two attached hydrogens (primary N) is 1. The smallest absolute Gasteiger partial charge is 0.129 e. The summed E-state index contributed by atoms with van der Waals surface area (Å²) in [6.07, 6.45) is 0.590. The predicted molar refractivity (Wildman–Crippen MR) is 72.8 cm³/mol. The zero-order valence-electron chi connectivity index (χ0n) is 10.8. The molecule has 0 radical (unpaired) electrons. The van der Waals surface area contributed by atoms with Crippen molar-refractivity contribution in [2.75, 3.05) is 18.9 Å². The molecule has 3 nitrogen and oxygen atoms in total. The van der Waals surface area contributed by atoms with E-state index in [9.17, 15) is 8.78 Å². The van der Waals surface area contributed by atoms with E-state index in [-0.39, 0.29) is 5.75 Å². The van der Waals surface area contributed by atoms with Crippen LogP contribution in [0.2, 0.25) is 0 Å². The summed E-state index contributed by atoms with van der Waals surface area (Å²) >= 11 is 0. The van der Waals surface area contributed by atoms with E-state index in [1.54, 1.807) is 24.3 Å². The van der Waals surface area contributed by atoms with Crippen LogP contribution < -0.4 is 15.2 Å². The van der Waals surface area contributed by atoms with Crippen LogP contribution in [0, 0.1) is 11.6 Å². The van der Waals surface area contributed by atoms with Crippen LogP contribution in [0.25, 0.3) is 0 Å². The lowest BCUT2D eigenvalue weighted by Gasteiger charge is -2.08. The molecule has 0 aliphatic heterocycles. The molecule has 0 amide bonds. The Morgan fingerprint density at radius 1 is 0.850 bits per heavy atom. The summed E-state index contributed by atoms with van der Waals surface area (Å²) in [7, 11) is 0. The van der Waals surface area contributed by atoms with E-state index in [0.29, 0.717) is 31.1 Å². The van der Waals surface area contributed by atoms with Crippen LogP contribution in [0.15, 0.2) is 42.5 Å². The van der Waals surface area contributed by atoms with Crippen LogP contribution in [-0.2, 0) is 0 Å². The second-order valence-electron chi connectivity index (χ2n) is 4.23. The highest BCUT2D eigenvalue weighted by Crippen LogP contribution is 2.16. The van der Waals surface area contributed by atoms with Crippen LogP contribution in [0.3, 0.4) is 0 Å². The first-order valence-electron chi connectivity index (χ1n) is 6.21. The minimum Gasteiger partial charge on any atom is -0.493 e. The van der Waals surface area contributed by atoms with Crippen LogP contribution in [-0.4, -0.2) is 13.2 Å². The first-order chi connectivity index (χ1) is 9.63. The molecule has 0 spiro atoms. The Morgan fingerprint density at radius 2 is 1.50 bits per heavy atom. The summed E-state index contributed by atoms with van der Waals surface area (Å²) < 4.78 is 36.5. The summed E-state index contributed by atoms with van der Waals surface area (Å²) in [5, 5.41) is 0. The van der Waals surface area contributed by atoms with Crippen molar-refractivity contribution in [2.45, 2.75) is 6.42 Å². The fourth-order valence-electron chi connectivity index (χ4n) is 1.66. The number of hydrogen-bond donors (Lipinski definition) is 1. The van der Waals surface area contributed by atoms with E-state index in [0.717, 1.165) is 18.2 Å². The Balaban J connectivity index is 1.71. The van der Waals surface area contributed by atoms with Gasteiger partial charge < -0.3 is 15.2 Å². The number of nitrogen functional groups attached to an aromatic ring is 1. The van der Waals surface area contributed by atoms with Gasteiger partial charge in [0.15, 0.2) is 0 Å². The van der Waals surface area contributed by atoms with Gasteiger partial charge in [0.25, 0.3) is 0 Å². The van der Waals surface area contributed by atoms with Crippen LogP contribution in [0.5, 0.6) is 11.5 Å². The molecule has 5 heteroatoms. The molecule has 0 aliphatic rings. The van der Waals surface area contributed by atoms with Crippen molar-refractivity contribution < 1.29 is 18.3 Å². The highest BCUT2D eigenvalue weighted by molar-refractivity contribution is 5.43. The van der Waals surface area contributed by atoms with Crippen molar-refractivity contribution >= 4 is 5.69 Å². The molecule has 2 aromatic carbocycles. The van der Waals surface area contributed by atoms with Gasteiger partial charge in [-0.25, -0.2) is 8.78 Å². The Labute approximate surface area is 115 Å².